The normalized spacial score (nSPS) is 20.6. The molecule has 0 spiro atoms. The van der Waals surface area contributed by atoms with E-state index in [1.54, 1.807) is 0 Å². The molecule has 4 heteroatoms. The topological polar surface area (TPSA) is 23.6 Å². The van der Waals surface area contributed by atoms with Gasteiger partial charge in [-0.05, 0) is 86.4 Å². The molecule has 4 rings (SSSR count). The lowest BCUT2D eigenvalue weighted by atomic mass is 9.90. The zero-order chi connectivity index (χ0) is 20.9. The first-order valence-corrected chi connectivity index (χ1v) is 11.8. The average Bonchev–Trinajstić information content (AvgIpc) is 3.23. The molecule has 2 fully saturated rings. The van der Waals surface area contributed by atoms with E-state index in [4.69, 9.17) is 11.6 Å². The van der Waals surface area contributed by atoms with Crippen molar-refractivity contribution in [2.75, 3.05) is 32.7 Å². The monoisotopic (exact) mass is 424 g/mol. The second kappa shape index (κ2) is 9.98. The molecule has 1 atom stereocenters. The average molecular weight is 425 g/mol. The Labute approximate surface area is 186 Å². The molecular formula is C26H33ClN2O. The minimum atomic E-state index is 0.135. The number of halogens is 1. The summed E-state index contributed by atoms with van der Waals surface area (Å²) in [5.74, 6) is 1.53. The third kappa shape index (κ3) is 5.44. The van der Waals surface area contributed by atoms with Gasteiger partial charge in [0.1, 0.15) is 0 Å². The molecule has 160 valence electrons. The fraction of sp³-hybridized carbons (Fsp3) is 0.500. The van der Waals surface area contributed by atoms with Crippen LogP contribution in [0.5, 0.6) is 0 Å². The van der Waals surface area contributed by atoms with E-state index in [-0.39, 0.29) is 5.91 Å². The zero-order valence-corrected chi connectivity index (χ0v) is 18.8. The highest BCUT2D eigenvalue weighted by Crippen LogP contribution is 2.26. The molecule has 2 aliphatic rings. The van der Waals surface area contributed by atoms with Crippen LogP contribution in [0.3, 0.4) is 0 Å². The van der Waals surface area contributed by atoms with Crippen molar-refractivity contribution in [1.29, 1.82) is 0 Å². The largest absolute Gasteiger partial charge is 0.338 e. The van der Waals surface area contributed by atoms with Crippen LogP contribution in [0.2, 0.25) is 5.02 Å². The number of amides is 1. The SMILES string of the molecule is CCc1cc(Cl)cc(C(=O)N2CC[C@@H](CN3CCC(Cc4ccccc4)CC3)C2)c1. The molecule has 30 heavy (non-hydrogen) atoms. The lowest BCUT2D eigenvalue weighted by Crippen LogP contribution is -2.38. The molecule has 2 aromatic carbocycles. The summed E-state index contributed by atoms with van der Waals surface area (Å²) < 4.78 is 0. The van der Waals surface area contributed by atoms with Crippen molar-refractivity contribution in [2.45, 2.75) is 39.0 Å². The number of piperidine rings is 1. The van der Waals surface area contributed by atoms with Gasteiger partial charge in [0.2, 0.25) is 0 Å². The second-order valence-corrected chi connectivity index (χ2v) is 9.48. The molecule has 2 aliphatic heterocycles. The number of aryl methyl sites for hydroxylation is 1. The molecule has 1 amide bonds. The maximum atomic E-state index is 13.0. The van der Waals surface area contributed by atoms with Crippen LogP contribution in [0.25, 0.3) is 0 Å². The Morgan fingerprint density at radius 1 is 0.967 bits per heavy atom. The maximum absolute atomic E-state index is 13.0. The summed E-state index contributed by atoms with van der Waals surface area (Å²) in [5, 5.41) is 0.659. The van der Waals surface area contributed by atoms with E-state index in [0.717, 1.165) is 49.5 Å². The molecule has 3 nitrogen and oxygen atoms in total. The van der Waals surface area contributed by atoms with Gasteiger partial charge in [0.05, 0.1) is 0 Å². The Bertz CT molecular complexity index is 845. The first-order valence-electron chi connectivity index (χ1n) is 11.5. The zero-order valence-electron chi connectivity index (χ0n) is 18.0. The summed E-state index contributed by atoms with van der Waals surface area (Å²) >= 11 is 6.22. The van der Waals surface area contributed by atoms with Crippen molar-refractivity contribution >= 4 is 17.5 Å². The van der Waals surface area contributed by atoms with Crippen molar-refractivity contribution < 1.29 is 4.79 Å². The van der Waals surface area contributed by atoms with Gasteiger partial charge >= 0.3 is 0 Å². The standard InChI is InChI=1S/C26H33ClN2O/c1-2-20-15-24(17-25(27)16-20)26(30)29-13-10-23(19-29)18-28-11-8-22(9-12-28)14-21-6-4-3-5-7-21/h3-7,15-17,22-23H,2,8-14,18-19H2,1H3/t23-/m0/s1. The third-order valence-corrected chi connectivity index (χ3v) is 6.99. The van der Waals surface area contributed by atoms with Gasteiger partial charge in [-0.1, -0.05) is 48.9 Å². The van der Waals surface area contributed by atoms with Crippen molar-refractivity contribution in [1.82, 2.24) is 9.80 Å². The molecule has 0 unspecified atom stereocenters. The fourth-order valence-electron chi connectivity index (χ4n) is 5.01. The number of likely N-dealkylation sites (tertiary alicyclic amines) is 2. The summed E-state index contributed by atoms with van der Waals surface area (Å²) in [6.45, 7) is 7.33. The minimum Gasteiger partial charge on any atom is -0.338 e. The Balaban J connectivity index is 1.25. The number of benzene rings is 2. The molecule has 2 aromatic rings. The van der Waals surface area contributed by atoms with Crippen LogP contribution in [-0.2, 0) is 12.8 Å². The van der Waals surface area contributed by atoms with E-state index in [0.29, 0.717) is 10.9 Å². The predicted octanol–water partition coefficient (Wildman–Crippen LogP) is 5.32. The molecule has 0 bridgehead atoms. The molecular weight excluding hydrogens is 392 g/mol. The van der Waals surface area contributed by atoms with Crippen molar-refractivity contribution in [3.05, 3.63) is 70.2 Å². The van der Waals surface area contributed by atoms with E-state index in [9.17, 15) is 4.79 Å². The number of hydrogen-bond donors (Lipinski definition) is 0. The maximum Gasteiger partial charge on any atom is 0.253 e. The van der Waals surface area contributed by atoms with Crippen molar-refractivity contribution in [2.24, 2.45) is 11.8 Å². The highest BCUT2D eigenvalue weighted by molar-refractivity contribution is 6.31. The van der Waals surface area contributed by atoms with E-state index in [2.05, 4.69) is 42.2 Å². The van der Waals surface area contributed by atoms with Crippen LogP contribution >= 0.6 is 11.6 Å². The van der Waals surface area contributed by atoms with E-state index in [1.807, 2.05) is 23.1 Å². The summed E-state index contributed by atoms with van der Waals surface area (Å²) in [7, 11) is 0. The van der Waals surface area contributed by atoms with E-state index < -0.39 is 0 Å². The summed E-state index contributed by atoms with van der Waals surface area (Å²) in [6.07, 6.45) is 5.78. The van der Waals surface area contributed by atoms with Crippen LogP contribution in [0, 0.1) is 11.8 Å². The van der Waals surface area contributed by atoms with Gasteiger partial charge in [0.15, 0.2) is 0 Å². The van der Waals surface area contributed by atoms with E-state index in [1.165, 1.54) is 37.9 Å². The summed E-state index contributed by atoms with van der Waals surface area (Å²) in [5.41, 5.74) is 3.33. The van der Waals surface area contributed by atoms with Crippen LogP contribution in [-0.4, -0.2) is 48.4 Å². The van der Waals surface area contributed by atoms with Gasteiger partial charge in [-0.25, -0.2) is 0 Å². The van der Waals surface area contributed by atoms with Crippen molar-refractivity contribution in [3.8, 4) is 0 Å². The van der Waals surface area contributed by atoms with Crippen LogP contribution in [0.15, 0.2) is 48.5 Å². The number of rotatable bonds is 6. The Kier molecular flexibility index (Phi) is 7.12. The molecule has 0 aliphatic carbocycles. The van der Waals surface area contributed by atoms with E-state index >= 15 is 0 Å². The van der Waals surface area contributed by atoms with Gasteiger partial charge in [-0.3, -0.25) is 4.79 Å². The number of hydrogen-bond acceptors (Lipinski definition) is 2. The second-order valence-electron chi connectivity index (χ2n) is 9.04. The molecule has 0 radical (unpaired) electrons. The van der Waals surface area contributed by atoms with Gasteiger partial charge in [0, 0.05) is 30.2 Å². The van der Waals surface area contributed by atoms with Gasteiger partial charge in [-0.15, -0.1) is 0 Å². The summed E-state index contributed by atoms with van der Waals surface area (Å²) in [6, 6.07) is 16.6. The van der Waals surface area contributed by atoms with Gasteiger partial charge < -0.3 is 9.80 Å². The molecule has 2 saturated heterocycles. The van der Waals surface area contributed by atoms with Crippen LogP contribution in [0.1, 0.15) is 47.7 Å². The predicted molar refractivity (Wildman–Crippen MR) is 124 cm³/mol. The van der Waals surface area contributed by atoms with Crippen molar-refractivity contribution in [3.63, 3.8) is 0 Å². The quantitative estimate of drug-likeness (QED) is 0.626. The van der Waals surface area contributed by atoms with Gasteiger partial charge in [-0.2, -0.15) is 0 Å². The Hall–Kier alpha value is -1.84. The van der Waals surface area contributed by atoms with Crippen LogP contribution in [0.4, 0.5) is 0 Å². The highest BCUT2D eigenvalue weighted by atomic mass is 35.5. The smallest absolute Gasteiger partial charge is 0.253 e. The van der Waals surface area contributed by atoms with Gasteiger partial charge in [0.25, 0.3) is 5.91 Å². The fourth-order valence-corrected chi connectivity index (χ4v) is 5.27. The molecule has 0 saturated carbocycles. The number of carbonyl (C=O) groups is 1. The third-order valence-electron chi connectivity index (χ3n) is 6.78. The molecule has 2 heterocycles. The Morgan fingerprint density at radius 3 is 2.43 bits per heavy atom. The lowest BCUT2D eigenvalue weighted by molar-refractivity contribution is 0.0781. The lowest BCUT2D eigenvalue weighted by Gasteiger charge is -2.33. The first-order chi connectivity index (χ1) is 14.6. The molecule has 0 aromatic heterocycles. The molecule has 0 N–H and O–H groups in total. The number of nitrogens with zero attached hydrogens (tertiary/aromatic N) is 2. The summed E-state index contributed by atoms with van der Waals surface area (Å²) in [4.78, 5) is 17.6. The first kappa shape index (κ1) is 21.4. The highest BCUT2D eigenvalue weighted by Gasteiger charge is 2.29. The Morgan fingerprint density at radius 2 is 1.70 bits per heavy atom. The minimum absolute atomic E-state index is 0.135. The van der Waals surface area contributed by atoms with Crippen LogP contribution < -0.4 is 0 Å². The number of carbonyl (C=O) groups excluding carboxylic acids is 1.